The lowest BCUT2D eigenvalue weighted by Gasteiger charge is -2.34. The molecule has 2 aliphatic heterocycles. The van der Waals surface area contributed by atoms with Gasteiger partial charge in [0.15, 0.2) is 0 Å². The lowest BCUT2D eigenvalue weighted by molar-refractivity contribution is 0.385. The summed E-state index contributed by atoms with van der Waals surface area (Å²) in [5, 5.41) is 3.81. The molecule has 2 aromatic carbocycles. The molecule has 1 atom stereocenters. The fraction of sp³-hybridized carbons (Fsp3) is 0.478. The van der Waals surface area contributed by atoms with Crippen molar-refractivity contribution in [2.45, 2.75) is 32.2 Å². The number of anilines is 2. The van der Waals surface area contributed by atoms with E-state index in [0.717, 1.165) is 38.4 Å². The number of nitrogens with one attached hydrogen (secondary N) is 1. The second-order valence-electron chi connectivity index (χ2n) is 8.08. The standard InChI is InChI=1S/C23H30FN3/c1-18-2-6-22(7-3-18)26-14-11-21(12-15-26)25-16-19-10-13-27(17-19)23-8-4-20(24)5-9-23/h2-9,19,21,25H,10-17H2,1H3. The van der Waals surface area contributed by atoms with Crippen molar-refractivity contribution < 1.29 is 4.39 Å². The summed E-state index contributed by atoms with van der Waals surface area (Å²) in [6.07, 6.45) is 3.64. The number of hydrogen-bond acceptors (Lipinski definition) is 3. The Morgan fingerprint density at radius 3 is 2.15 bits per heavy atom. The largest absolute Gasteiger partial charge is 0.371 e. The highest BCUT2D eigenvalue weighted by Crippen LogP contribution is 2.25. The van der Waals surface area contributed by atoms with E-state index in [1.54, 1.807) is 12.1 Å². The average molecular weight is 368 g/mol. The van der Waals surface area contributed by atoms with E-state index in [1.165, 1.54) is 30.5 Å². The Morgan fingerprint density at radius 1 is 0.852 bits per heavy atom. The predicted octanol–water partition coefficient (Wildman–Crippen LogP) is 4.22. The van der Waals surface area contributed by atoms with Crippen LogP contribution in [0, 0.1) is 18.7 Å². The monoisotopic (exact) mass is 367 g/mol. The van der Waals surface area contributed by atoms with Crippen LogP contribution in [-0.2, 0) is 0 Å². The van der Waals surface area contributed by atoms with Gasteiger partial charge in [0.2, 0.25) is 0 Å². The Kier molecular flexibility index (Phi) is 5.63. The first kappa shape index (κ1) is 18.3. The molecular weight excluding hydrogens is 337 g/mol. The normalized spacial score (nSPS) is 21.0. The smallest absolute Gasteiger partial charge is 0.123 e. The van der Waals surface area contributed by atoms with Crippen LogP contribution in [0.2, 0.25) is 0 Å². The van der Waals surface area contributed by atoms with Crippen LogP contribution in [-0.4, -0.2) is 38.8 Å². The van der Waals surface area contributed by atoms with Crippen molar-refractivity contribution in [1.82, 2.24) is 5.32 Å². The van der Waals surface area contributed by atoms with Crippen molar-refractivity contribution in [2.24, 2.45) is 5.92 Å². The molecule has 2 saturated heterocycles. The number of nitrogens with zero attached hydrogens (tertiary/aromatic N) is 2. The Bertz CT molecular complexity index is 720. The highest BCUT2D eigenvalue weighted by Gasteiger charge is 2.25. The Hall–Kier alpha value is -2.07. The molecule has 0 radical (unpaired) electrons. The molecule has 4 heteroatoms. The number of hydrogen-bond donors (Lipinski definition) is 1. The number of rotatable bonds is 5. The lowest BCUT2D eigenvalue weighted by atomic mass is 10.0. The van der Waals surface area contributed by atoms with Crippen LogP contribution < -0.4 is 15.1 Å². The van der Waals surface area contributed by atoms with E-state index in [1.807, 2.05) is 12.1 Å². The van der Waals surface area contributed by atoms with Gasteiger partial charge in [-0.15, -0.1) is 0 Å². The molecule has 4 rings (SSSR count). The third-order valence-corrected chi connectivity index (χ3v) is 6.07. The van der Waals surface area contributed by atoms with Gasteiger partial charge in [0.05, 0.1) is 0 Å². The van der Waals surface area contributed by atoms with Crippen LogP contribution in [0.1, 0.15) is 24.8 Å². The Labute approximate surface area is 162 Å². The van der Waals surface area contributed by atoms with Crippen LogP contribution in [0.5, 0.6) is 0 Å². The minimum absolute atomic E-state index is 0.159. The number of piperidine rings is 1. The molecule has 2 fully saturated rings. The van der Waals surface area contributed by atoms with E-state index in [9.17, 15) is 4.39 Å². The quantitative estimate of drug-likeness (QED) is 0.854. The van der Waals surface area contributed by atoms with Crippen molar-refractivity contribution in [3.8, 4) is 0 Å². The first-order valence-corrected chi connectivity index (χ1v) is 10.2. The molecule has 0 saturated carbocycles. The van der Waals surface area contributed by atoms with Crippen molar-refractivity contribution in [1.29, 1.82) is 0 Å². The van der Waals surface area contributed by atoms with Crippen LogP contribution in [0.15, 0.2) is 48.5 Å². The molecule has 1 N–H and O–H groups in total. The zero-order valence-electron chi connectivity index (χ0n) is 16.2. The number of aryl methyl sites for hydroxylation is 1. The molecule has 2 aliphatic rings. The predicted molar refractivity (Wildman–Crippen MR) is 111 cm³/mol. The molecule has 0 spiro atoms. The summed E-state index contributed by atoms with van der Waals surface area (Å²) in [6, 6.07) is 16.4. The maximum Gasteiger partial charge on any atom is 0.123 e. The van der Waals surface area contributed by atoms with E-state index in [-0.39, 0.29) is 5.82 Å². The first-order chi connectivity index (χ1) is 13.2. The maximum absolute atomic E-state index is 13.1. The van der Waals surface area contributed by atoms with Gasteiger partial charge in [0.25, 0.3) is 0 Å². The maximum atomic E-state index is 13.1. The summed E-state index contributed by atoms with van der Waals surface area (Å²) in [4.78, 5) is 4.88. The highest BCUT2D eigenvalue weighted by molar-refractivity contribution is 5.48. The summed E-state index contributed by atoms with van der Waals surface area (Å²) in [6.45, 7) is 7.64. The fourth-order valence-electron chi connectivity index (χ4n) is 4.32. The van der Waals surface area contributed by atoms with Crippen LogP contribution in [0.4, 0.5) is 15.8 Å². The molecule has 0 bridgehead atoms. The topological polar surface area (TPSA) is 18.5 Å². The molecule has 2 aromatic rings. The summed E-state index contributed by atoms with van der Waals surface area (Å²) in [7, 11) is 0. The van der Waals surface area contributed by atoms with E-state index in [2.05, 4.69) is 46.3 Å². The fourth-order valence-corrected chi connectivity index (χ4v) is 4.32. The number of benzene rings is 2. The van der Waals surface area contributed by atoms with Crippen LogP contribution in [0.25, 0.3) is 0 Å². The van der Waals surface area contributed by atoms with Crippen molar-refractivity contribution in [2.75, 3.05) is 42.5 Å². The van der Waals surface area contributed by atoms with Gasteiger partial charge in [-0.2, -0.15) is 0 Å². The summed E-state index contributed by atoms with van der Waals surface area (Å²) in [5.74, 6) is 0.526. The Balaban J connectivity index is 1.20. The van der Waals surface area contributed by atoms with E-state index in [4.69, 9.17) is 0 Å². The third-order valence-electron chi connectivity index (χ3n) is 6.07. The zero-order valence-corrected chi connectivity index (χ0v) is 16.2. The van der Waals surface area contributed by atoms with Gasteiger partial charge in [-0.1, -0.05) is 17.7 Å². The van der Waals surface area contributed by atoms with Gasteiger partial charge in [0.1, 0.15) is 5.82 Å². The lowest BCUT2D eigenvalue weighted by Crippen LogP contribution is -2.44. The number of halogens is 1. The summed E-state index contributed by atoms with van der Waals surface area (Å²) in [5.41, 5.74) is 3.82. The van der Waals surface area contributed by atoms with Gasteiger partial charge < -0.3 is 15.1 Å². The van der Waals surface area contributed by atoms with Gasteiger partial charge in [0, 0.05) is 43.6 Å². The summed E-state index contributed by atoms with van der Waals surface area (Å²) < 4.78 is 13.1. The molecule has 3 nitrogen and oxygen atoms in total. The second kappa shape index (κ2) is 8.30. The van der Waals surface area contributed by atoms with E-state index in [0.29, 0.717) is 12.0 Å². The van der Waals surface area contributed by atoms with E-state index >= 15 is 0 Å². The minimum atomic E-state index is -0.159. The molecule has 0 aromatic heterocycles. The van der Waals surface area contributed by atoms with Crippen LogP contribution in [0.3, 0.4) is 0 Å². The molecule has 27 heavy (non-hydrogen) atoms. The minimum Gasteiger partial charge on any atom is -0.371 e. The summed E-state index contributed by atoms with van der Waals surface area (Å²) >= 11 is 0. The molecular formula is C23H30FN3. The van der Waals surface area contributed by atoms with Crippen molar-refractivity contribution >= 4 is 11.4 Å². The van der Waals surface area contributed by atoms with Crippen molar-refractivity contribution in [3.63, 3.8) is 0 Å². The second-order valence-corrected chi connectivity index (χ2v) is 8.08. The third kappa shape index (κ3) is 4.62. The zero-order chi connectivity index (χ0) is 18.6. The molecule has 2 heterocycles. The van der Waals surface area contributed by atoms with Crippen molar-refractivity contribution in [3.05, 3.63) is 59.9 Å². The SMILES string of the molecule is Cc1ccc(N2CCC(NCC3CCN(c4ccc(F)cc4)C3)CC2)cc1. The highest BCUT2D eigenvalue weighted by atomic mass is 19.1. The van der Waals surface area contributed by atoms with E-state index < -0.39 is 0 Å². The first-order valence-electron chi connectivity index (χ1n) is 10.2. The van der Waals surface area contributed by atoms with Crippen LogP contribution >= 0.6 is 0 Å². The molecule has 0 amide bonds. The molecule has 1 unspecified atom stereocenters. The van der Waals surface area contributed by atoms with Gasteiger partial charge >= 0.3 is 0 Å². The average Bonchev–Trinajstić information content (AvgIpc) is 3.17. The molecule has 0 aliphatic carbocycles. The Morgan fingerprint density at radius 2 is 1.44 bits per heavy atom. The van der Waals surface area contributed by atoms with Gasteiger partial charge in [-0.3, -0.25) is 0 Å². The molecule has 144 valence electrons. The van der Waals surface area contributed by atoms with Gasteiger partial charge in [-0.25, -0.2) is 4.39 Å². The van der Waals surface area contributed by atoms with Gasteiger partial charge in [-0.05, 0) is 75.0 Å².